The zero-order valence-corrected chi connectivity index (χ0v) is 12.8. The topological polar surface area (TPSA) is 32.3 Å². The van der Waals surface area contributed by atoms with E-state index in [1.807, 2.05) is 6.07 Å². The Hall–Kier alpha value is -0.0300. The molecule has 0 bridgehead atoms. The molecule has 0 saturated heterocycles. The summed E-state index contributed by atoms with van der Waals surface area (Å²) in [5.41, 5.74) is 1.29. The van der Waals surface area contributed by atoms with Crippen LogP contribution < -0.4 is 5.32 Å². The van der Waals surface area contributed by atoms with Crippen LogP contribution in [0.15, 0.2) is 27.6 Å². The van der Waals surface area contributed by atoms with E-state index >= 15 is 0 Å². The summed E-state index contributed by atoms with van der Waals surface area (Å²) in [6.45, 7) is 6.53. The van der Waals surface area contributed by atoms with E-state index in [4.69, 9.17) is 5.11 Å². The van der Waals surface area contributed by atoms with Gasteiger partial charge in [-0.2, -0.15) is 0 Å². The van der Waals surface area contributed by atoms with Crippen LogP contribution in [0.1, 0.15) is 19.4 Å². The fourth-order valence-electron chi connectivity index (χ4n) is 1.48. The summed E-state index contributed by atoms with van der Waals surface area (Å²) in [6.07, 6.45) is 0. The Labute approximate surface area is 116 Å². The molecule has 1 aromatic rings. The highest BCUT2D eigenvalue weighted by Gasteiger charge is 2.04. The molecule has 2 nitrogen and oxygen atoms in total. The van der Waals surface area contributed by atoms with Crippen molar-refractivity contribution in [1.82, 2.24) is 5.32 Å². The summed E-state index contributed by atoms with van der Waals surface area (Å²) in [5.74, 6) is 1.41. The summed E-state index contributed by atoms with van der Waals surface area (Å²) in [5, 5.41) is 12.3. The van der Waals surface area contributed by atoms with Gasteiger partial charge < -0.3 is 10.4 Å². The van der Waals surface area contributed by atoms with E-state index in [2.05, 4.69) is 47.2 Å². The van der Waals surface area contributed by atoms with E-state index in [1.165, 1.54) is 10.5 Å². The molecule has 96 valence electrons. The Morgan fingerprint density at radius 2 is 2.18 bits per heavy atom. The van der Waals surface area contributed by atoms with Gasteiger partial charge in [0.05, 0.1) is 6.61 Å². The van der Waals surface area contributed by atoms with Crippen LogP contribution in [-0.2, 0) is 6.54 Å². The van der Waals surface area contributed by atoms with Crippen LogP contribution in [0.25, 0.3) is 0 Å². The average Bonchev–Trinajstić information content (AvgIpc) is 2.27. The van der Waals surface area contributed by atoms with E-state index in [-0.39, 0.29) is 6.61 Å². The van der Waals surface area contributed by atoms with E-state index in [1.54, 1.807) is 11.8 Å². The van der Waals surface area contributed by atoms with Crippen LogP contribution in [-0.4, -0.2) is 24.0 Å². The summed E-state index contributed by atoms with van der Waals surface area (Å²) in [7, 11) is 0. The third-order valence-electron chi connectivity index (χ3n) is 2.24. The number of hydrogen-bond acceptors (Lipinski definition) is 3. The molecule has 0 amide bonds. The average molecular weight is 318 g/mol. The van der Waals surface area contributed by atoms with Crippen molar-refractivity contribution in [2.75, 3.05) is 18.9 Å². The smallest absolute Gasteiger partial charge is 0.0525 e. The molecule has 0 unspecified atom stereocenters. The van der Waals surface area contributed by atoms with Gasteiger partial charge in [-0.05, 0) is 36.2 Å². The van der Waals surface area contributed by atoms with Gasteiger partial charge in [-0.1, -0.05) is 29.8 Å². The second kappa shape index (κ2) is 8.14. The lowest BCUT2D eigenvalue weighted by Crippen LogP contribution is -2.19. The van der Waals surface area contributed by atoms with Crippen molar-refractivity contribution in [1.29, 1.82) is 0 Å². The van der Waals surface area contributed by atoms with Gasteiger partial charge in [-0.3, -0.25) is 0 Å². The van der Waals surface area contributed by atoms with Crippen molar-refractivity contribution < 1.29 is 5.11 Å². The third kappa shape index (κ3) is 5.91. The highest BCUT2D eigenvalue weighted by molar-refractivity contribution is 9.10. The SMILES string of the molecule is CC(C)CNCc1cc(Br)ccc1SCCO. The second-order valence-electron chi connectivity index (χ2n) is 4.35. The fraction of sp³-hybridized carbons (Fsp3) is 0.538. The minimum absolute atomic E-state index is 0.222. The van der Waals surface area contributed by atoms with Crippen LogP contribution in [0.4, 0.5) is 0 Å². The van der Waals surface area contributed by atoms with Crippen LogP contribution in [0, 0.1) is 5.92 Å². The van der Waals surface area contributed by atoms with Gasteiger partial charge in [0.25, 0.3) is 0 Å². The number of halogens is 1. The maximum Gasteiger partial charge on any atom is 0.0525 e. The monoisotopic (exact) mass is 317 g/mol. The summed E-state index contributed by atoms with van der Waals surface area (Å²) in [4.78, 5) is 1.25. The first-order valence-electron chi connectivity index (χ1n) is 5.86. The Morgan fingerprint density at radius 3 is 2.82 bits per heavy atom. The zero-order chi connectivity index (χ0) is 12.7. The normalized spacial score (nSPS) is 11.1. The Morgan fingerprint density at radius 1 is 1.41 bits per heavy atom. The number of nitrogens with one attached hydrogen (secondary N) is 1. The Balaban J connectivity index is 2.62. The van der Waals surface area contributed by atoms with Gasteiger partial charge in [0.15, 0.2) is 0 Å². The highest BCUT2D eigenvalue weighted by Crippen LogP contribution is 2.25. The lowest BCUT2D eigenvalue weighted by atomic mass is 10.2. The zero-order valence-electron chi connectivity index (χ0n) is 10.4. The van der Waals surface area contributed by atoms with Gasteiger partial charge in [0, 0.05) is 21.7 Å². The minimum Gasteiger partial charge on any atom is -0.396 e. The predicted octanol–water partition coefficient (Wildman–Crippen LogP) is 3.28. The molecular formula is C13H20BrNOS. The van der Waals surface area contributed by atoms with E-state index < -0.39 is 0 Å². The molecule has 1 rings (SSSR count). The minimum atomic E-state index is 0.222. The predicted molar refractivity (Wildman–Crippen MR) is 78.5 cm³/mol. The molecule has 0 radical (unpaired) electrons. The molecule has 0 aliphatic heterocycles. The highest BCUT2D eigenvalue weighted by atomic mass is 79.9. The molecule has 0 heterocycles. The fourth-order valence-corrected chi connectivity index (χ4v) is 2.68. The molecule has 4 heteroatoms. The van der Waals surface area contributed by atoms with Crippen molar-refractivity contribution in [3.8, 4) is 0 Å². The molecule has 2 N–H and O–H groups in total. The van der Waals surface area contributed by atoms with Gasteiger partial charge >= 0.3 is 0 Å². The van der Waals surface area contributed by atoms with Gasteiger partial charge in [-0.15, -0.1) is 11.8 Å². The van der Waals surface area contributed by atoms with Crippen LogP contribution in [0.2, 0.25) is 0 Å². The van der Waals surface area contributed by atoms with Crippen LogP contribution in [0.5, 0.6) is 0 Å². The molecule has 0 saturated carbocycles. The lowest BCUT2D eigenvalue weighted by molar-refractivity contribution is 0.322. The Bertz CT molecular complexity index is 344. The number of hydrogen-bond donors (Lipinski definition) is 2. The first-order chi connectivity index (χ1) is 8.13. The first kappa shape index (κ1) is 15.0. The van der Waals surface area contributed by atoms with Gasteiger partial charge in [-0.25, -0.2) is 0 Å². The van der Waals surface area contributed by atoms with Gasteiger partial charge in [0.2, 0.25) is 0 Å². The van der Waals surface area contributed by atoms with Crippen molar-refractivity contribution >= 4 is 27.7 Å². The molecule has 17 heavy (non-hydrogen) atoms. The standard InChI is InChI=1S/C13H20BrNOS/c1-10(2)8-15-9-11-7-12(14)3-4-13(11)17-6-5-16/h3-4,7,10,15-16H,5-6,8-9H2,1-2H3. The second-order valence-corrected chi connectivity index (χ2v) is 6.40. The maximum absolute atomic E-state index is 8.88. The molecular weight excluding hydrogens is 298 g/mol. The molecule has 0 aromatic heterocycles. The molecule has 0 atom stereocenters. The largest absolute Gasteiger partial charge is 0.396 e. The van der Waals surface area contributed by atoms with Gasteiger partial charge in [0.1, 0.15) is 0 Å². The van der Waals surface area contributed by atoms with E-state index in [9.17, 15) is 0 Å². The number of aliphatic hydroxyl groups excluding tert-OH is 1. The first-order valence-corrected chi connectivity index (χ1v) is 7.64. The molecule has 1 aromatic carbocycles. The van der Waals surface area contributed by atoms with Crippen molar-refractivity contribution in [3.63, 3.8) is 0 Å². The number of benzene rings is 1. The summed E-state index contributed by atoms with van der Waals surface area (Å²) >= 11 is 5.20. The van der Waals surface area contributed by atoms with E-state index in [0.29, 0.717) is 5.92 Å². The molecule has 0 aliphatic rings. The molecule has 0 aliphatic carbocycles. The Kier molecular flexibility index (Phi) is 7.19. The number of thioether (sulfide) groups is 1. The van der Waals surface area contributed by atoms with Crippen molar-refractivity contribution in [3.05, 3.63) is 28.2 Å². The number of rotatable bonds is 7. The summed E-state index contributed by atoms with van der Waals surface area (Å²) < 4.78 is 1.10. The number of aliphatic hydroxyl groups is 1. The third-order valence-corrected chi connectivity index (χ3v) is 3.83. The van der Waals surface area contributed by atoms with Crippen molar-refractivity contribution in [2.45, 2.75) is 25.3 Å². The quantitative estimate of drug-likeness (QED) is 0.757. The van der Waals surface area contributed by atoms with E-state index in [0.717, 1.165) is 23.3 Å². The molecule has 0 spiro atoms. The summed E-state index contributed by atoms with van der Waals surface area (Å²) in [6, 6.07) is 6.30. The van der Waals surface area contributed by atoms with Crippen LogP contribution >= 0.6 is 27.7 Å². The molecule has 0 fully saturated rings. The lowest BCUT2D eigenvalue weighted by Gasteiger charge is -2.12. The van der Waals surface area contributed by atoms with Crippen molar-refractivity contribution in [2.24, 2.45) is 5.92 Å². The van der Waals surface area contributed by atoms with Crippen LogP contribution in [0.3, 0.4) is 0 Å². The maximum atomic E-state index is 8.88.